The van der Waals surface area contributed by atoms with Crippen molar-refractivity contribution in [2.24, 2.45) is 17.6 Å². The zero-order valence-electron chi connectivity index (χ0n) is 6.84. The summed E-state index contributed by atoms with van der Waals surface area (Å²) in [7, 11) is 0. The Balaban J connectivity index is 2.20. The smallest absolute Gasteiger partial charge is 0.0727 e. The summed E-state index contributed by atoms with van der Waals surface area (Å²) in [6.45, 7) is 5.76. The summed E-state index contributed by atoms with van der Waals surface area (Å²) < 4.78 is 5.46. The summed E-state index contributed by atoms with van der Waals surface area (Å²) in [6.07, 6.45) is 1.64. The molecule has 60 valence electrons. The van der Waals surface area contributed by atoms with Crippen molar-refractivity contribution in [1.82, 2.24) is 0 Å². The fourth-order valence-electron chi connectivity index (χ4n) is 1.45. The van der Waals surface area contributed by atoms with Crippen molar-refractivity contribution < 1.29 is 4.74 Å². The quantitative estimate of drug-likeness (QED) is 0.637. The van der Waals surface area contributed by atoms with Gasteiger partial charge in [-0.3, -0.25) is 0 Å². The number of ether oxygens (including phenoxy) is 1. The Hall–Kier alpha value is -0.0800. The maximum atomic E-state index is 5.54. The van der Waals surface area contributed by atoms with Crippen LogP contribution < -0.4 is 5.73 Å². The van der Waals surface area contributed by atoms with Crippen LogP contribution in [0, 0.1) is 11.8 Å². The zero-order valence-corrected chi connectivity index (χ0v) is 6.84. The van der Waals surface area contributed by atoms with Crippen LogP contribution in [-0.2, 0) is 4.74 Å². The molecule has 0 spiro atoms. The summed E-state index contributed by atoms with van der Waals surface area (Å²) in [5.41, 5.74) is 5.54. The van der Waals surface area contributed by atoms with Gasteiger partial charge in [-0.05, 0) is 25.2 Å². The molecular weight excluding hydrogens is 126 g/mol. The predicted molar refractivity (Wildman–Crippen MR) is 41.7 cm³/mol. The minimum Gasteiger partial charge on any atom is -0.377 e. The van der Waals surface area contributed by atoms with Crippen molar-refractivity contribution in [3.05, 3.63) is 0 Å². The first-order chi connectivity index (χ1) is 4.79. The summed E-state index contributed by atoms with van der Waals surface area (Å²) in [5.74, 6) is 1.60. The lowest BCUT2D eigenvalue weighted by Crippen LogP contribution is -2.26. The van der Waals surface area contributed by atoms with Crippen LogP contribution in [0.3, 0.4) is 0 Å². The molecule has 2 nitrogen and oxygen atoms in total. The lowest BCUT2D eigenvalue weighted by molar-refractivity contribution is 0.0503. The van der Waals surface area contributed by atoms with E-state index in [1.54, 1.807) is 0 Å². The van der Waals surface area contributed by atoms with Crippen LogP contribution in [-0.4, -0.2) is 19.3 Å². The average Bonchev–Trinajstić information content (AvgIpc) is 2.62. The normalized spacial score (nSPS) is 33.9. The van der Waals surface area contributed by atoms with E-state index in [-0.39, 0.29) is 0 Å². The second kappa shape index (κ2) is 3.35. The van der Waals surface area contributed by atoms with E-state index in [4.69, 9.17) is 10.5 Å². The van der Waals surface area contributed by atoms with Crippen LogP contribution in [0.15, 0.2) is 0 Å². The molecule has 0 saturated heterocycles. The summed E-state index contributed by atoms with van der Waals surface area (Å²) in [6, 6.07) is 0. The van der Waals surface area contributed by atoms with E-state index in [2.05, 4.69) is 6.92 Å². The highest BCUT2D eigenvalue weighted by Crippen LogP contribution is 2.41. The number of hydrogen-bond donors (Lipinski definition) is 1. The van der Waals surface area contributed by atoms with Crippen LogP contribution in [0.5, 0.6) is 0 Å². The van der Waals surface area contributed by atoms with E-state index in [9.17, 15) is 0 Å². The van der Waals surface area contributed by atoms with Crippen molar-refractivity contribution in [2.75, 3.05) is 13.2 Å². The molecule has 3 unspecified atom stereocenters. The Kier molecular flexibility index (Phi) is 2.69. The Morgan fingerprint density at radius 2 is 2.30 bits per heavy atom. The van der Waals surface area contributed by atoms with E-state index < -0.39 is 0 Å². The highest BCUT2D eigenvalue weighted by atomic mass is 16.5. The summed E-state index contributed by atoms with van der Waals surface area (Å²) in [4.78, 5) is 0. The molecule has 1 aliphatic rings. The molecule has 0 amide bonds. The van der Waals surface area contributed by atoms with Crippen LogP contribution >= 0.6 is 0 Å². The van der Waals surface area contributed by atoms with Crippen molar-refractivity contribution in [1.29, 1.82) is 0 Å². The van der Waals surface area contributed by atoms with E-state index in [1.165, 1.54) is 6.42 Å². The van der Waals surface area contributed by atoms with Gasteiger partial charge in [0.15, 0.2) is 0 Å². The van der Waals surface area contributed by atoms with Crippen LogP contribution in [0.25, 0.3) is 0 Å². The fraction of sp³-hybridized carbons (Fsp3) is 1.00. The van der Waals surface area contributed by atoms with Crippen molar-refractivity contribution >= 4 is 0 Å². The highest BCUT2D eigenvalue weighted by Gasteiger charge is 2.39. The highest BCUT2D eigenvalue weighted by molar-refractivity contribution is 4.89. The Labute approximate surface area is 62.7 Å². The van der Waals surface area contributed by atoms with Gasteiger partial charge in [0.1, 0.15) is 0 Å². The van der Waals surface area contributed by atoms with E-state index in [0.29, 0.717) is 12.6 Å². The largest absolute Gasteiger partial charge is 0.377 e. The van der Waals surface area contributed by atoms with Gasteiger partial charge in [0.05, 0.1) is 6.10 Å². The van der Waals surface area contributed by atoms with Crippen LogP contribution in [0.4, 0.5) is 0 Å². The molecule has 1 rings (SSSR count). The number of hydrogen-bond acceptors (Lipinski definition) is 2. The molecule has 0 heterocycles. The first kappa shape index (κ1) is 8.02. The second-order valence-electron chi connectivity index (χ2n) is 3.11. The maximum absolute atomic E-state index is 5.54. The van der Waals surface area contributed by atoms with Gasteiger partial charge >= 0.3 is 0 Å². The average molecular weight is 143 g/mol. The Bertz CT molecular complexity index is 105. The zero-order chi connectivity index (χ0) is 7.56. The summed E-state index contributed by atoms with van der Waals surface area (Å²) in [5, 5.41) is 0. The predicted octanol–water partition coefficient (Wildman–Crippen LogP) is 1.01. The Morgan fingerprint density at radius 3 is 2.60 bits per heavy atom. The van der Waals surface area contributed by atoms with E-state index in [1.807, 2.05) is 6.92 Å². The third kappa shape index (κ3) is 1.70. The molecule has 1 aliphatic carbocycles. The van der Waals surface area contributed by atoms with Gasteiger partial charge in [0, 0.05) is 13.2 Å². The molecule has 0 aromatic rings. The molecule has 0 aromatic heterocycles. The van der Waals surface area contributed by atoms with Crippen molar-refractivity contribution in [3.63, 3.8) is 0 Å². The molecule has 0 aromatic carbocycles. The fourth-order valence-corrected chi connectivity index (χ4v) is 1.45. The molecule has 3 atom stereocenters. The SMILES string of the molecule is CCOC(CN)C1CC1C. The van der Waals surface area contributed by atoms with E-state index in [0.717, 1.165) is 18.4 Å². The van der Waals surface area contributed by atoms with Crippen molar-refractivity contribution in [2.45, 2.75) is 26.4 Å². The van der Waals surface area contributed by atoms with Crippen molar-refractivity contribution in [3.8, 4) is 0 Å². The minimum atomic E-state index is 0.333. The van der Waals surface area contributed by atoms with Gasteiger partial charge in [0.2, 0.25) is 0 Å². The van der Waals surface area contributed by atoms with Gasteiger partial charge in [-0.1, -0.05) is 6.92 Å². The van der Waals surface area contributed by atoms with Crippen LogP contribution in [0.1, 0.15) is 20.3 Å². The molecular formula is C8H17NO. The van der Waals surface area contributed by atoms with E-state index >= 15 is 0 Å². The van der Waals surface area contributed by atoms with Crippen LogP contribution in [0.2, 0.25) is 0 Å². The number of rotatable bonds is 4. The Morgan fingerprint density at radius 1 is 1.70 bits per heavy atom. The topological polar surface area (TPSA) is 35.2 Å². The molecule has 2 heteroatoms. The lowest BCUT2D eigenvalue weighted by atomic mass is 10.2. The van der Waals surface area contributed by atoms with Gasteiger partial charge < -0.3 is 10.5 Å². The maximum Gasteiger partial charge on any atom is 0.0727 e. The first-order valence-corrected chi connectivity index (χ1v) is 4.11. The van der Waals surface area contributed by atoms with Gasteiger partial charge in [-0.25, -0.2) is 0 Å². The standard InChI is InChI=1S/C8H17NO/c1-3-10-8(5-9)7-4-6(7)2/h6-8H,3-5,9H2,1-2H3. The van der Waals surface area contributed by atoms with Gasteiger partial charge in [0.25, 0.3) is 0 Å². The lowest BCUT2D eigenvalue weighted by Gasteiger charge is -2.13. The molecule has 1 fully saturated rings. The summed E-state index contributed by atoms with van der Waals surface area (Å²) >= 11 is 0. The van der Waals surface area contributed by atoms with Gasteiger partial charge in [-0.15, -0.1) is 0 Å². The molecule has 10 heavy (non-hydrogen) atoms. The molecule has 0 radical (unpaired) electrons. The molecule has 2 N–H and O–H groups in total. The monoisotopic (exact) mass is 143 g/mol. The molecule has 1 saturated carbocycles. The first-order valence-electron chi connectivity index (χ1n) is 4.11. The molecule has 0 aliphatic heterocycles. The van der Waals surface area contributed by atoms with Gasteiger partial charge in [-0.2, -0.15) is 0 Å². The third-order valence-corrected chi connectivity index (χ3v) is 2.26. The number of nitrogens with two attached hydrogens (primary N) is 1. The second-order valence-corrected chi connectivity index (χ2v) is 3.11. The third-order valence-electron chi connectivity index (χ3n) is 2.26. The molecule has 0 bridgehead atoms. The minimum absolute atomic E-state index is 0.333.